The molecule has 4 N–H and O–H groups in total. The Morgan fingerprint density at radius 3 is 3.06 bits per heavy atom. The first-order chi connectivity index (χ1) is 7.79. The number of aromatic nitrogens is 2. The van der Waals surface area contributed by atoms with Gasteiger partial charge in [0, 0.05) is 12.4 Å². The Bertz CT molecular complexity index is 461. The van der Waals surface area contributed by atoms with Gasteiger partial charge in [0.05, 0.1) is 13.1 Å². The second-order valence-corrected chi connectivity index (χ2v) is 3.19. The minimum absolute atomic E-state index is 0.256. The van der Waals surface area contributed by atoms with Gasteiger partial charge in [0.15, 0.2) is 5.76 Å². The standard InChI is InChI=1S/C10H12N4O2/c11-5-7-1-2-8(16-7)10(15)14-6-9-12-3-4-13-9/h1-4H,5-6,11H2,(H,12,13)(H,14,15). The zero-order valence-electron chi connectivity index (χ0n) is 8.56. The summed E-state index contributed by atoms with van der Waals surface area (Å²) in [6, 6.07) is 3.28. The number of H-pyrrole nitrogens is 1. The summed E-state index contributed by atoms with van der Waals surface area (Å²) in [7, 11) is 0. The van der Waals surface area contributed by atoms with Gasteiger partial charge in [-0.15, -0.1) is 0 Å². The molecule has 2 rings (SSSR count). The van der Waals surface area contributed by atoms with Gasteiger partial charge in [0.2, 0.25) is 0 Å². The molecule has 0 saturated carbocycles. The molecule has 6 heteroatoms. The van der Waals surface area contributed by atoms with E-state index in [0.29, 0.717) is 18.1 Å². The normalized spacial score (nSPS) is 10.3. The molecule has 2 aromatic heterocycles. The van der Waals surface area contributed by atoms with E-state index in [1.54, 1.807) is 24.5 Å². The second kappa shape index (κ2) is 4.63. The zero-order valence-corrected chi connectivity index (χ0v) is 8.56. The van der Waals surface area contributed by atoms with E-state index in [4.69, 9.17) is 10.2 Å². The summed E-state index contributed by atoms with van der Waals surface area (Å²) in [4.78, 5) is 18.4. The van der Waals surface area contributed by atoms with Crippen molar-refractivity contribution in [2.75, 3.05) is 0 Å². The molecule has 0 aliphatic rings. The summed E-state index contributed by atoms with van der Waals surface area (Å²) in [5.74, 6) is 1.25. The van der Waals surface area contributed by atoms with Crippen molar-refractivity contribution >= 4 is 5.91 Å². The van der Waals surface area contributed by atoms with E-state index >= 15 is 0 Å². The Balaban J connectivity index is 1.93. The fourth-order valence-corrected chi connectivity index (χ4v) is 1.26. The van der Waals surface area contributed by atoms with Crippen molar-refractivity contribution in [1.29, 1.82) is 0 Å². The van der Waals surface area contributed by atoms with Gasteiger partial charge < -0.3 is 20.5 Å². The Morgan fingerprint density at radius 1 is 1.56 bits per heavy atom. The van der Waals surface area contributed by atoms with Gasteiger partial charge in [0.1, 0.15) is 11.6 Å². The molecule has 0 aromatic carbocycles. The third-order valence-electron chi connectivity index (χ3n) is 2.06. The highest BCUT2D eigenvalue weighted by molar-refractivity contribution is 5.91. The Kier molecular flexibility index (Phi) is 3.02. The van der Waals surface area contributed by atoms with E-state index < -0.39 is 0 Å². The SMILES string of the molecule is NCc1ccc(C(=O)NCc2ncc[nH]2)o1. The van der Waals surface area contributed by atoms with E-state index in [9.17, 15) is 4.79 Å². The molecule has 0 fully saturated rings. The van der Waals surface area contributed by atoms with Gasteiger partial charge in [-0.25, -0.2) is 4.98 Å². The molecule has 0 unspecified atom stereocenters. The lowest BCUT2D eigenvalue weighted by atomic mass is 10.4. The van der Waals surface area contributed by atoms with Crippen LogP contribution in [0.2, 0.25) is 0 Å². The third kappa shape index (κ3) is 2.29. The van der Waals surface area contributed by atoms with Crippen LogP contribution in [0, 0.1) is 0 Å². The third-order valence-corrected chi connectivity index (χ3v) is 2.06. The number of aromatic amines is 1. The number of nitrogens with one attached hydrogen (secondary N) is 2. The van der Waals surface area contributed by atoms with E-state index in [1.807, 2.05) is 0 Å². The number of carbonyl (C=O) groups excluding carboxylic acids is 1. The predicted octanol–water partition coefficient (Wildman–Crippen LogP) is 0.391. The molecule has 0 spiro atoms. The summed E-state index contributed by atoms with van der Waals surface area (Å²) < 4.78 is 5.20. The number of imidazole rings is 1. The highest BCUT2D eigenvalue weighted by atomic mass is 16.4. The lowest BCUT2D eigenvalue weighted by molar-refractivity contribution is 0.0920. The Morgan fingerprint density at radius 2 is 2.44 bits per heavy atom. The summed E-state index contributed by atoms with van der Waals surface area (Å²) in [5, 5.41) is 2.67. The van der Waals surface area contributed by atoms with Crippen molar-refractivity contribution in [3.8, 4) is 0 Å². The minimum atomic E-state index is -0.281. The molecule has 16 heavy (non-hydrogen) atoms. The Hall–Kier alpha value is -2.08. The molecule has 2 aromatic rings. The minimum Gasteiger partial charge on any atom is -0.455 e. The van der Waals surface area contributed by atoms with Gasteiger partial charge in [-0.2, -0.15) is 0 Å². The largest absolute Gasteiger partial charge is 0.455 e. The fraction of sp³-hybridized carbons (Fsp3) is 0.200. The number of amides is 1. The molecular formula is C10H12N4O2. The first-order valence-electron chi connectivity index (χ1n) is 4.85. The van der Waals surface area contributed by atoms with Crippen molar-refractivity contribution in [2.24, 2.45) is 5.73 Å². The van der Waals surface area contributed by atoms with Gasteiger partial charge >= 0.3 is 0 Å². The number of carbonyl (C=O) groups is 1. The molecular weight excluding hydrogens is 208 g/mol. The molecule has 0 atom stereocenters. The molecule has 1 amide bonds. The molecule has 0 radical (unpaired) electrons. The average Bonchev–Trinajstić information content (AvgIpc) is 2.96. The van der Waals surface area contributed by atoms with Crippen LogP contribution in [0.1, 0.15) is 22.1 Å². The maximum atomic E-state index is 11.6. The molecule has 0 saturated heterocycles. The lowest BCUT2D eigenvalue weighted by Crippen LogP contribution is -2.22. The monoisotopic (exact) mass is 220 g/mol. The summed E-state index contributed by atoms with van der Waals surface area (Å²) in [6.07, 6.45) is 3.32. The Labute approximate surface area is 91.9 Å². The maximum absolute atomic E-state index is 11.6. The van der Waals surface area contributed by atoms with Crippen molar-refractivity contribution in [3.63, 3.8) is 0 Å². The molecule has 84 valence electrons. The number of furan rings is 1. The van der Waals surface area contributed by atoms with Crippen LogP contribution in [0.3, 0.4) is 0 Å². The van der Waals surface area contributed by atoms with Crippen molar-refractivity contribution in [1.82, 2.24) is 15.3 Å². The van der Waals surface area contributed by atoms with Crippen LogP contribution in [0.15, 0.2) is 28.9 Å². The molecule has 0 aliphatic heterocycles. The molecule has 0 bridgehead atoms. The fourth-order valence-electron chi connectivity index (χ4n) is 1.26. The van der Waals surface area contributed by atoms with Crippen LogP contribution >= 0.6 is 0 Å². The highest BCUT2D eigenvalue weighted by Crippen LogP contribution is 2.06. The number of nitrogens with two attached hydrogens (primary N) is 1. The number of rotatable bonds is 4. The van der Waals surface area contributed by atoms with E-state index in [0.717, 1.165) is 0 Å². The lowest BCUT2D eigenvalue weighted by Gasteiger charge is -1.99. The van der Waals surface area contributed by atoms with Crippen LogP contribution in [0.5, 0.6) is 0 Å². The predicted molar refractivity (Wildman–Crippen MR) is 56.4 cm³/mol. The highest BCUT2D eigenvalue weighted by Gasteiger charge is 2.10. The first-order valence-corrected chi connectivity index (χ1v) is 4.85. The quantitative estimate of drug-likeness (QED) is 0.694. The van der Waals surface area contributed by atoms with Crippen LogP contribution in [0.25, 0.3) is 0 Å². The number of hydrogen-bond donors (Lipinski definition) is 3. The van der Waals surface area contributed by atoms with E-state index in [2.05, 4.69) is 15.3 Å². The average molecular weight is 220 g/mol. The summed E-state index contributed by atoms with van der Waals surface area (Å²) in [5.41, 5.74) is 5.37. The van der Waals surface area contributed by atoms with Crippen LogP contribution < -0.4 is 11.1 Å². The van der Waals surface area contributed by atoms with Crippen molar-refractivity contribution < 1.29 is 9.21 Å². The molecule has 6 nitrogen and oxygen atoms in total. The molecule has 2 heterocycles. The van der Waals surface area contributed by atoms with Crippen molar-refractivity contribution in [2.45, 2.75) is 13.1 Å². The van der Waals surface area contributed by atoms with Gasteiger partial charge in [0.25, 0.3) is 5.91 Å². The maximum Gasteiger partial charge on any atom is 0.287 e. The number of nitrogens with zero attached hydrogens (tertiary/aromatic N) is 1. The molecule has 0 aliphatic carbocycles. The summed E-state index contributed by atoms with van der Waals surface area (Å²) in [6.45, 7) is 0.621. The van der Waals surface area contributed by atoms with E-state index in [-0.39, 0.29) is 18.2 Å². The van der Waals surface area contributed by atoms with Crippen LogP contribution in [-0.4, -0.2) is 15.9 Å². The topological polar surface area (TPSA) is 96.9 Å². The zero-order chi connectivity index (χ0) is 11.4. The van der Waals surface area contributed by atoms with Crippen molar-refractivity contribution in [3.05, 3.63) is 41.9 Å². The van der Waals surface area contributed by atoms with Gasteiger partial charge in [-0.05, 0) is 12.1 Å². The van der Waals surface area contributed by atoms with E-state index in [1.165, 1.54) is 0 Å². The summed E-state index contributed by atoms with van der Waals surface area (Å²) >= 11 is 0. The van der Waals surface area contributed by atoms with Gasteiger partial charge in [-0.3, -0.25) is 4.79 Å². The van der Waals surface area contributed by atoms with Crippen LogP contribution in [-0.2, 0) is 13.1 Å². The van der Waals surface area contributed by atoms with Crippen LogP contribution in [0.4, 0.5) is 0 Å². The first kappa shape index (κ1) is 10.4. The second-order valence-electron chi connectivity index (χ2n) is 3.19. The van der Waals surface area contributed by atoms with Gasteiger partial charge in [-0.1, -0.05) is 0 Å². The smallest absolute Gasteiger partial charge is 0.287 e. The number of hydrogen-bond acceptors (Lipinski definition) is 4.